The van der Waals surface area contributed by atoms with Crippen LogP contribution in [0.1, 0.15) is 36.6 Å². The molecule has 0 aliphatic carbocycles. The number of nitrogens with one attached hydrogen (secondary N) is 1. The quantitative estimate of drug-likeness (QED) is 0.315. The van der Waals surface area contributed by atoms with Gasteiger partial charge in [-0.2, -0.15) is 5.10 Å². The zero-order chi connectivity index (χ0) is 28.5. The summed E-state index contributed by atoms with van der Waals surface area (Å²) in [6.45, 7) is 3.89. The van der Waals surface area contributed by atoms with E-state index in [-0.39, 0.29) is 48.0 Å². The number of halogens is 1. The molecule has 3 heterocycles. The SMILES string of the molecule is CC[C@@H](C)NC(=O)CN1C(=O)CS[C@H](c2ccc3c(c2)OCO3)c2c(-c3ccccc3)nn(-c3ccc(F)cc3)c21. The molecule has 0 radical (unpaired) electrons. The average molecular weight is 573 g/mol. The van der Waals surface area contributed by atoms with Crippen LogP contribution in [0.15, 0.2) is 72.8 Å². The summed E-state index contributed by atoms with van der Waals surface area (Å²) in [5.41, 5.74) is 3.79. The van der Waals surface area contributed by atoms with E-state index in [0.717, 1.165) is 23.1 Å². The molecule has 1 aromatic heterocycles. The maximum Gasteiger partial charge on any atom is 0.240 e. The Hall–Kier alpha value is -4.31. The van der Waals surface area contributed by atoms with Crippen molar-refractivity contribution in [3.05, 3.63) is 89.7 Å². The van der Waals surface area contributed by atoms with E-state index in [0.29, 0.717) is 28.7 Å². The lowest BCUT2D eigenvalue weighted by molar-refractivity contribution is -0.123. The van der Waals surface area contributed by atoms with E-state index in [2.05, 4.69) is 5.32 Å². The second-order valence-corrected chi connectivity index (χ2v) is 11.1. The Morgan fingerprint density at radius 2 is 1.85 bits per heavy atom. The minimum atomic E-state index is -0.384. The first-order chi connectivity index (χ1) is 19.9. The third-order valence-electron chi connectivity index (χ3n) is 7.23. The highest BCUT2D eigenvalue weighted by Crippen LogP contribution is 2.50. The van der Waals surface area contributed by atoms with Crippen LogP contribution in [0.5, 0.6) is 11.5 Å². The van der Waals surface area contributed by atoms with E-state index < -0.39 is 0 Å². The predicted octanol–water partition coefficient (Wildman–Crippen LogP) is 5.49. The Labute approximate surface area is 241 Å². The molecule has 0 spiro atoms. The molecule has 0 fully saturated rings. The summed E-state index contributed by atoms with van der Waals surface area (Å²) in [4.78, 5) is 28.5. The van der Waals surface area contributed by atoms with Crippen LogP contribution in [0.3, 0.4) is 0 Å². The molecule has 1 N–H and O–H groups in total. The fourth-order valence-corrected chi connectivity index (χ4v) is 6.18. The topological polar surface area (TPSA) is 85.7 Å². The number of carbonyl (C=O) groups excluding carboxylic acids is 2. The molecule has 0 unspecified atom stereocenters. The van der Waals surface area contributed by atoms with Crippen LogP contribution in [-0.2, 0) is 9.59 Å². The molecule has 8 nitrogen and oxygen atoms in total. The van der Waals surface area contributed by atoms with Crippen molar-refractivity contribution in [3.8, 4) is 28.4 Å². The summed E-state index contributed by atoms with van der Waals surface area (Å²) in [6.07, 6.45) is 0.763. The van der Waals surface area contributed by atoms with Gasteiger partial charge in [0.1, 0.15) is 18.2 Å². The number of thioether (sulfide) groups is 1. The largest absolute Gasteiger partial charge is 0.454 e. The third-order valence-corrected chi connectivity index (χ3v) is 8.48. The fourth-order valence-electron chi connectivity index (χ4n) is 5.00. The molecule has 2 aliphatic rings. The van der Waals surface area contributed by atoms with E-state index in [4.69, 9.17) is 14.6 Å². The number of ether oxygens (including phenoxy) is 2. The van der Waals surface area contributed by atoms with Crippen LogP contribution in [0.4, 0.5) is 10.2 Å². The zero-order valence-electron chi connectivity index (χ0n) is 22.7. The number of fused-ring (bicyclic) bond motifs is 2. The van der Waals surface area contributed by atoms with Gasteiger partial charge in [0.25, 0.3) is 0 Å². The molecule has 210 valence electrons. The number of carbonyl (C=O) groups is 2. The first-order valence-corrected chi connectivity index (χ1v) is 14.5. The summed E-state index contributed by atoms with van der Waals surface area (Å²) in [5.74, 6) is 1.05. The van der Waals surface area contributed by atoms with Gasteiger partial charge in [-0.25, -0.2) is 9.07 Å². The number of aromatic nitrogens is 2. The Balaban J connectivity index is 1.58. The van der Waals surface area contributed by atoms with Gasteiger partial charge in [-0.3, -0.25) is 14.5 Å². The molecule has 2 atom stereocenters. The molecular weight excluding hydrogens is 543 g/mol. The highest BCUT2D eigenvalue weighted by molar-refractivity contribution is 8.00. The van der Waals surface area contributed by atoms with Gasteiger partial charge in [-0.05, 0) is 55.3 Å². The van der Waals surface area contributed by atoms with Gasteiger partial charge < -0.3 is 14.8 Å². The highest BCUT2D eigenvalue weighted by Gasteiger charge is 2.38. The second-order valence-electron chi connectivity index (χ2n) is 10.0. The average Bonchev–Trinajstić information content (AvgIpc) is 3.58. The zero-order valence-corrected chi connectivity index (χ0v) is 23.5. The van der Waals surface area contributed by atoms with Crippen LogP contribution in [-0.4, -0.2) is 46.7 Å². The number of benzene rings is 3. The third kappa shape index (κ3) is 5.27. The summed E-state index contributed by atoms with van der Waals surface area (Å²) in [6, 6.07) is 21.4. The maximum absolute atomic E-state index is 14.0. The van der Waals surface area contributed by atoms with E-state index >= 15 is 0 Å². The standard InChI is InChI=1S/C31H29FN4O4S/c1-3-19(2)33-26(37)16-35-27(38)17-41-30(21-9-14-24-25(15-21)40-18-39-24)28-29(20-7-5-4-6-8-20)34-36(31(28)35)23-12-10-22(32)11-13-23/h4-15,19,30H,3,16-18H2,1-2H3,(H,33,37)/t19-,30-/m1/s1. The molecule has 10 heteroatoms. The lowest BCUT2D eigenvalue weighted by Gasteiger charge is -2.24. The van der Waals surface area contributed by atoms with Gasteiger partial charge in [0.2, 0.25) is 18.6 Å². The number of hydrogen-bond donors (Lipinski definition) is 1. The van der Waals surface area contributed by atoms with Crippen molar-refractivity contribution in [2.45, 2.75) is 31.6 Å². The van der Waals surface area contributed by atoms with Gasteiger partial charge in [0.05, 0.1) is 22.4 Å². The van der Waals surface area contributed by atoms with Crippen molar-refractivity contribution in [2.75, 3.05) is 24.0 Å². The summed E-state index contributed by atoms with van der Waals surface area (Å²) >= 11 is 1.47. The Bertz CT molecular complexity index is 1590. The fraction of sp³-hybridized carbons (Fsp3) is 0.258. The van der Waals surface area contributed by atoms with E-state index in [1.54, 1.807) is 16.8 Å². The molecular formula is C31H29FN4O4S. The maximum atomic E-state index is 14.0. The van der Waals surface area contributed by atoms with Crippen molar-refractivity contribution in [1.82, 2.24) is 15.1 Å². The van der Waals surface area contributed by atoms with E-state index in [1.165, 1.54) is 28.8 Å². The predicted molar refractivity (Wildman–Crippen MR) is 156 cm³/mol. The number of hydrogen-bond acceptors (Lipinski definition) is 6. The number of rotatable bonds is 7. The lowest BCUT2D eigenvalue weighted by atomic mass is 9.99. The first-order valence-electron chi connectivity index (χ1n) is 13.5. The van der Waals surface area contributed by atoms with Gasteiger partial charge in [0.15, 0.2) is 11.5 Å². The van der Waals surface area contributed by atoms with E-state index in [9.17, 15) is 14.0 Å². The van der Waals surface area contributed by atoms with Crippen molar-refractivity contribution >= 4 is 29.4 Å². The Morgan fingerprint density at radius 3 is 2.61 bits per heavy atom. The molecule has 2 aliphatic heterocycles. The van der Waals surface area contributed by atoms with Crippen LogP contribution in [0.25, 0.3) is 16.9 Å². The highest BCUT2D eigenvalue weighted by atomic mass is 32.2. The minimum Gasteiger partial charge on any atom is -0.454 e. The van der Waals surface area contributed by atoms with Gasteiger partial charge in [-0.1, -0.05) is 43.3 Å². The smallest absolute Gasteiger partial charge is 0.240 e. The summed E-state index contributed by atoms with van der Waals surface area (Å²) in [7, 11) is 0. The van der Waals surface area contributed by atoms with Crippen molar-refractivity contribution < 1.29 is 23.5 Å². The number of nitrogens with zero attached hydrogens (tertiary/aromatic N) is 3. The van der Waals surface area contributed by atoms with Gasteiger partial charge in [0, 0.05) is 17.2 Å². The molecule has 0 saturated carbocycles. The number of anilines is 1. The molecule has 0 bridgehead atoms. The summed E-state index contributed by atoms with van der Waals surface area (Å²) < 4.78 is 26.8. The Kier molecular flexibility index (Phi) is 7.40. The van der Waals surface area contributed by atoms with Crippen LogP contribution in [0.2, 0.25) is 0 Å². The normalized spacial score (nSPS) is 16.7. The molecule has 3 aromatic carbocycles. The molecule has 4 aromatic rings. The second kappa shape index (κ2) is 11.3. The van der Waals surface area contributed by atoms with Crippen molar-refractivity contribution in [1.29, 1.82) is 0 Å². The summed E-state index contributed by atoms with van der Waals surface area (Å²) in [5, 5.41) is 7.67. The molecule has 41 heavy (non-hydrogen) atoms. The molecule has 6 rings (SSSR count). The van der Waals surface area contributed by atoms with E-state index in [1.807, 2.05) is 62.4 Å². The van der Waals surface area contributed by atoms with Crippen LogP contribution >= 0.6 is 11.8 Å². The van der Waals surface area contributed by atoms with Gasteiger partial charge >= 0.3 is 0 Å². The van der Waals surface area contributed by atoms with Crippen LogP contribution in [0, 0.1) is 5.82 Å². The monoisotopic (exact) mass is 572 g/mol. The molecule has 0 saturated heterocycles. The van der Waals surface area contributed by atoms with Crippen molar-refractivity contribution in [2.24, 2.45) is 0 Å². The van der Waals surface area contributed by atoms with Gasteiger partial charge in [-0.15, -0.1) is 11.8 Å². The molecule has 2 amide bonds. The lowest BCUT2D eigenvalue weighted by Crippen LogP contribution is -2.44. The number of amides is 2. The Morgan fingerprint density at radius 1 is 1.10 bits per heavy atom. The first kappa shape index (κ1) is 26.9. The van der Waals surface area contributed by atoms with Crippen LogP contribution < -0.4 is 19.7 Å². The van der Waals surface area contributed by atoms with Crippen molar-refractivity contribution in [3.63, 3.8) is 0 Å². The minimum absolute atomic E-state index is 0.0401.